The number of halogens is 5. The van der Waals surface area contributed by atoms with Crippen LogP contribution in [0.25, 0.3) is 16.9 Å². The zero-order valence-electron chi connectivity index (χ0n) is 21.7. The third kappa shape index (κ3) is 6.77. The van der Waals surface area contributed by atoms with Gasteiger partial charge in [0, 0.05) is 42.9 Å². The number of carbonyl (C=O) groups is 2. The first kappa shape index (κ1) is 29.4. The van der Waals surface area contributed by atoms with Crippen molar-refractivity contribution in [2.24, 2.45) is 5.73 Å². The maximum atomic E-state index is 13.7. The van der Waals surface area contributed by atoms with Crippen molar-refractivity contribution in [1.82, 2.24) is 34.8 Å². The molecule has 3 heterocycles. The molecule has 0 aliphatic rings. The summed E-state index contributed by atoms with van der Waals surface area (Å²) in [5.41, 5.74) is 5.30. The Balaban J connectivity index is 1.60. The first-order valence-corrected chi connectivity index (χ1v) is 12.4. The van der Waals surface area contributed by atoms with Crippen LogP contribution in [0, 0.1) is 0 Å². The number of hydrogen-bond acceptors (Lipinski definition) is 7. The highest BCUT2D eigenvalue weighted by atomic mass is 19.4. The van der Waals surface area contributed by atoms with Gasteiger partial charge < -0.3 is 21.7 Å². The number of aryl methyl sites for hydroxylation is 1. The Morgan fingerprint density at radius 3 is 2.61 bits per heavy atom. The van der Waals surface area contributed by atoms with Crippen LogP contribution in [-0.2, 0) is 23.9 Å². The van der Waals surface area contributed by atoms with Crippen molar-refractivity contribution >= 4 is 29.0 Å². The lowest BCUT2D eigenvalue weighted by atomic mass is 10.0. The second kappa shape index (κ2) is 12.3. The molecule has 0 bridgehead atoms. The van der Waals surface area contributed by atoms with E-state index in [9.17, 15) is 31.5 Å². The van der Waals surface area contributed by atoms with Gasteiger partial charge in [-0.15, -0.1) is 0 Å². The number of hydrogen-bond donors (Lipinski definition) is 4. The summed E-state index contributed by atoms with van der Waals surface area (Å²) in [5, 5.41) is 11.5. The molecule has 4 aromatic rings. The SMILES string of the molecule is CCc1cc(Nc2nccn3c(-c4cn(CC(F)F)nc4C(F)(F)F)cnc23)ccc1C(=O)NCC(=O)NCCN. The Kier molecular flexibility index (Phi) is 8.80. The Hall–Kier alpha value is -4.60. The van der Waals surface area contributed by atoms with E-state index >= 15 is 0 Å². The summed E-state index contributed by atoms with van der Waals surface area (Å²) in [6, 6.07) is 4.88. The average molecular weight is 580 g/mol. The summed E-state index contributed by atoms with van der Waals surface area (Å²) in [6.45, 7) is 1.20. The standard InChI is InChI=1S/C25H26F5N9O2/c1-2-14-9-15(3-4-16(14)24(41)35-11-20(40)32-6-5-31)36-22-23-34-10-18(39(23)8-7-33-22)17-12-38(13-19(26)27)37-21(17)25(28,29)30/h3-4,7-10,12,19H,2,5-6,11,13,31H2,1H3,(H,32,40)(H,33,36)(H,35,41). The van der Waals surface area contributed by atoms with Gasteiger partial charge in [0.1, 0.15) is 6.54 Å². The lowest BCUT2D eigenvalue weighted by molar-refractivity contribution is -0.141. The molecule has 1 aromatic carbocycles. The summed E-state index contributed by atoms with van der Waals surface area (Å²) in [5.74, 6) is -0.618. The number of alkyl halides is 5. The largest absolute Gasteiger partial charge is 0.435 e. The van der Waals surface area contributed by atoms with Crippen LogP contribution < -0.4 is 21.7 Å². The molecule has 218 valence electrons. The molecular formula is C25H26F5N9O2. The maximum absolute atomic E-state index is 13.7. The second-order valence-corrected chi connectivity index (χ2v) is 8.79. The summed E-state index contributed by atoms with van der Waals surface area (Å²) in [4.78, 5) is 32.9. The zero-order valence-corrected chi connectivity index (χ0v) is 21.7. The van der Waals surface area contributed by atoms with E-state index in [0.717, 1.165) is 6.20 Å². The van der Waals surface area contributed by atoms with Gasteiger partial charge in [0.25, 0.3) is 12.3 Å². The predicted molar refractivity (Wildman–Crippen MR) is 139 cm³/mol. The summed E-state index contributed by atoms with van der Waals surface area (Å²) < 4.78 is 68.6. The van der Waals surface area contributed by atoms with Gasteiger partial charge in [-0.05, 0) is 30.2 Å². The molecule has 2 amide bonds. The van der Waals surface area contributed by atoms with Gasteiger partial charge in [-0.1, -0.05) is 6.92 Å². The number of nitrogens with two attached hydrogens (primary N) is 1. The molecule has 0 unspecified atom stereocenters. The van der Waals surface area contributed by atoms with Crippen molar-refractivity contribution in [3.8, 4) is 11.3 Å². The lowest BCUT2D eigenvalue weighted by Crippen LogP contribution is -2.39. The molecule has 0 radical (unpaired) electrons. The summed E-state index contributed by atoms with van der Waals surface area (Å²) >= 11 is 0. The van der Waals surface area contributed by atoms with Crippen molar-refractivity contribution in [1.29, 1.82) is 0 Å². The van der Waals surface area contributed by atoms with E-state index in [1.54, 1.807) is 18.2 Å². The van der Waals surface area contributed by atoms with Crippen LogP contribution in [0.4, 0.5) is 33.5 Å². The molecule has 5 N–H and O–H groups in total. The molecular weight excluding hydrogens is 553 g/mol. The van der Waals surface area contributed by atoms with Crippen LogP contribution in [0.3, 0.4) is 0 Å². The minimum absolute atomic E-state index is 0.0185. The topological polar surface area (TPSA) is 144 Å². The number of imidazole rings is 1. The highest BCUT2D eigenvalue weighted by molar-refractivity contribution is 5.98. The van der Waals surface area contributed by atoms with E-state index in [0.29, 0.717) is 34.5 Å². The highest BCUT2D eigenvalue weighted by Gasteiger charge is 2.38. The maximum Gasteiger partial charge on any atom is 0.435 e. The minimum Gasteiger partial charge on any atom is -0.353 e. The molecule has 0 atom stereocenters. The monoisotopic (exact) mass is 579 g/mol. The normalized spacial score (nSPS) is 11.7. The van der Waals surface area contributed by atoms with Gasteiger partial charge in [-0.3, -0.25) is 18.7 Å². The van der Waals surface area contributed by atoms with Gasteiger partial charge >= 0.3 is 6.18 Å². The molecule has 11 nitrogen and oxygen atoms in total. The fraction of sp³-hybridized carbons (Fsp3) is 0.320. The second-order valence-electron chi connectivity index (χ2n) is 8.79. The molecule has 0 spiro atoms. The van der Waals surface area contributed by atoms with Crippen molar-refractivity contribution in [2.45, 2.75) is 32.5 Å². The molecule has 3 aromatic heterocycles. The Morgan fingerprint density at radius 2 is 1.93 bits per heavy atom. The quantitative estimate of drug-likeness (QED) is 0.200. The van der Waals surface area contributed by atoms with Crippen molar-refractivity contribution in [2.75, 3.05) is 25.0 Å². The third-order valence-corrected chi connectivity index (χ3v) is 5.93. The first-order chi connectivity index (χ1) is 19.5. The predicted octanol–water partition coefficient (Wildman–Crippen LogP) is 2.99. The van der Waals surface area contributed by atoms with Crippen LogP contribution >= 0.6 is 0 Å². The van der Waals surface area contributed by atoms with Crippen LogP contribution in [0.5, 0.6) is 0 Å². The minimum atomic E-state index is -4.89. The highest BCUT2D eigenvalue weighted by Crippen LogP contribution is 2.37. The summed E-state index contributed by atoms with van der Waals surface area (Å²) in [6.07, 6.45) is -2.48. The van der Waals surface area contributed by atoms with Crippen LogP contribution in [0.1, 0.15) is 28.5 Å². The van der Waals surface area contributed by atoms with Crippen molar-refractivity contribution < 1.29 is 31.5 Å². The van der Waals surface area contributed by atoms with E-state index in [-0.39, 0.29) is 36.2 Å². The number of carbonyl (C=O) groups excluding carboxylic acids is 2. The summed E-state index contributed by atoms with van der Waals surface area (Å²) in [7, 11) is 0. The number of amides is 2. The first-order valence-electron chi connectivity index (χ1n) is 12.4. The van der Waals surface area contributed by atoms with Gasteiger partial charge in [0.2, 0.25) is 5.91 Å². The number of rotatable bonds is 11. The van der Waals surface area contributed by atoms with E-state index in [2.05, 4.69) is 31.0 Å². The van der Waals surface area contributed by atoms with Crippen molar-refractivity contribution in [3.05, 3.63) is 59.8 Å². The average Bonchev–Trinajstić information content (AvgIpc) is 3.55. The molecule has 0 fully saturated rings. The molecule has 16 heteroatoms. The number of benzene rings is 1. The van der Waals surface area contributed by atoms with Gasteiger partial charge in [0.15, 0.2) is 17.2 Å². The van der Waals surface area contributed by atoms with Gasteiger partial charge in [-0.2, -0.15) is 18.3 Å². The zero-order chi connectivity index (χ0) is 29.7. The third-order valence-electron chi connectivity index (χ3n) is 5.93. The van der Waals surface area contributed by atoms with Crippen molar-refractivity contribution in [3.63, 3.8) is 0 Å². The lowest BCUT2D eigenvalue weighted by Gasteiger charge is -2.13. The Labute approximate surface area is 229 Å². The van der Waals surface area contributed by atoms with Gasteiger partial charge in [0.05, 0.1) is 24.0 Å². The molecule has 0 saturated carbocycles. The van der Waals surface area contributed by atoms with Crippen LogP contribution in [0.2, 0.25) is 0 Å². The van der Waals surface area contributed by atoms with Crippen LogP contribution in [0.15, 0.2) is 43.0 Å². The number of fused-ring (bicyclic) bond motifs is 1. The molecule has 41 heavy (non-hydrogen) atoms. The fourth-order valence-electron chi connectivity index (χ4n) is 4.11. The van der Waals surface area contributed by atoms with E-state index in [1.165, 1.54) is 23.0 Å². The molecule has 0 aliphatic carbocycles. The van der Waals surface area contributed by atoms with E-state index < -0.39 is 36.3 Å². The number of anilines is 2. The smallest absolute Gasteiger partial charge is 0.353 e. The van der Waals surface area contributed by atoms with Gasteiger partial charge in [-0.25, -0.2) is 18.7 Å². The number of nitrogens with zero attached hydrogens (tertiary/aromatic N) is 5. The Morgan fingerprint density at radius 1 is 1.15 bits per heavy atom. The molecule has 4 rings (SSSR count). The molecule has 0 saturated heterocycles. The number of aromatic nitrogens is 5. The van der Waals surface area contributed by atoms with E-state index in [1.807, 2.05) is 6.92 Å². The van der Waals surface area contributed by atoms with Crippen LogP contribution in [-0.4, -0.2) is 62.0 Å². The van der Waals surface area contributed by atoms with E-state index in [4.69, 9.17) is 5.73 Å². The fourth-order valence-corrected chi connectivity index (χ4v) is 4.11. The molecule has 0 aliphatic heterocycles. The Bertz CT molecular complexity index is 1550. The number of nitrogens with one attached hydrogen (secondary N) is 3.